The van der Waals surface area contributed by atoms with Crippen molar-refractivity contribution in [2.75, 3.05) is 0 Å². The van der Waals surface area contributed by atoms with Crippen molar-refractivity contribution in [1.29, 1.82) is 0 Å². The predicted octanol–water partition coefficient (Wildman–Crippen LogP) is 13.5. The van der Waals surface area contributed by atoms with Gasteiger partial charge >= 0.3 is 0 Å². The molecule has 11 rings (SSSR count). The number of benzene rings is 7. The lowest BCUT2D eigenvalue weighted by atomic mass is 9.81. The fourth-order valence-electron chi connectivity index (χ4n) is 9.16. The monoisotopic (exact) mass is 701 g/mol. The summed E-state index contributed by atoms with van der Waals surface area (Å²) in [5.41, 5.74) is 15.6. The Labute approximate surface area is 319 Å². The summed E-state index contributed by atoms with van der Waals surface area (Å²) in [5.74, 6) is 0. The molecule has 1 aliphatic carbocycles. The lowest BCUT2D eigenvalue weighted by Crippen LogP contribution is -2.14. The Morgan fingerprint density at radius 2 is 0.945 bits per heavy atom. The molecule has 7 aromatic carbocycles. The van der Waals surface area contributed by atoms with E-state index >= 15 is 0 Å². The highest BCUT2D eigenvalue weighted by Crippen LogP contribution is 2.51. The van der Waals surface area contributed by atoms with Crippen LogP contribution < -0.4 is 0 Å². The van der Waals surface area contributed by atoms with E-state index in [1.54, 1.807) is 0 Å². The fourth-order valence-corrected chi connectivity index (χ4v) is 9.16. The Morgan fingerprint density at radius 3 is 1.65 bits per heavy atom. The van der Waals surface area contributed by atoms with Gasteiger partial charge in [0.1, 0.15) is 0 Å². The molecule has 3 aromatic heterocycles. The molecule has 3 nitrogen and oxygen atoms in total. The van der Waals surface area contributed by atoms with E-state index in [-0.39, 0.29) is 5.41 Å². The topological polar surface area (TPSA) is 38.7 Å². The van der Waals surface area contributed by atoms with E-state index in [2.05, 4.69) is 169 Å². The summed E-state index contributed by atoms with van der Waals surface area (Å²) >= 11 is 0. The van der Waals surface area contributed by atoms with Gasteiger partial charge in [-0.2, -0.15) is 0 Å². The minimum atomic E-state index is -0.0779. The first-order chi connectivity index (χ1) is 27.0. The Kier molecular flexibility index (Phi) is 6.90. The maximum atomic E-state index is 5.28. The quantitative estimate of drug-likeness (QED) is 0.171. The second-order valence-corrected chi connectivity index (χ2v) is 15.3. The van der Waals surface area contributed by atoms with Crippen LogP contribution in [0.2, 0.25) is 0 Å². The summed E-state index contributed by atoms with van der Waals surface area (Å²) in [6.45, 7) is 4.72. The Hall–Kier alpha value is -6.97. The van der Waals surface area contributed by atoms with Crippen LogP contribution in [-0.2, 0) is 5.41 Å². The Bertz CT molecular complexity index is 3110. The number of nitrogens with zero attached hydrogens (tertiary/aromatic N) is 3. The van der Waals surface area contributed by atoms with E-state index in [1.807, 2.05) is 31.0 Å². The van der Waals surface area contributed by atoms with Gasteiger partial charge in [-0.05, 0) is 149 Å². The molecule has 0 unspecified atom stereocenters. The molecule has 0 bridgehead atoms. The van der Waals surface area contributed by atoms with Crippen LogP contribution in [0.15, 0.2) is 177 Å². The maximum Gasteiger partial charge on any atom is 0.0787 e. The van der Waals surface area contributed by atoms with Crippen molar-refractivity contribution in [2.24, 2.45) is 0 Å². The third-order valence-electron chi connectivity index (χ3n) is 11.9. The van der Waals surface area contributed by atoms with Crippen molar-refractivity contribution in [3.8, 4) is 55.6 Å². The third-order valence-corrected chi connectivity index (χ3v) is 11.9. The Balaban J connectivity index is 1.18. The van der Waals surface area contributed by atoms with Crippen LogP contribution in [0.25, 0.3) is 98.9 Å². The first kappa shape index (κ1) is 31.5. The van der Waals surface area contributed by atoms with Gasteiger partial charge in [-0.3, -0.25) is 15.0 Å². The van der Waals surface area contributed by atoms with E-state index in [0.717, 1.165) is 49.7 Å². The molecule has 55 heavy (non-hydrogen) atoms. The minimum absolute atomic E-state index is 0.0779. The van der Waals surface area contributed by atoms with Gasteiger partial charge < -0.3 is 0 Å². The normalized spacial score (nSPS) is 13.1. The summed E-state index contributed by atoms with van der Waals surface area (Å²) in [4.78, 5) is 13.8. The summed E-state index contributed by atoms with van der Waals surface area (Å²) in [6, 6.07) is 53.5. The number of fused-ring (bicyclic) bond motifs is 11. The van der Waals surface area contributed by atoms with Crippen molar-refractivity contribution in [3.05, 3.63) is 188 Å². The van der Waals surface area contributed by atoms with Crippen molar-refractivity contribution in [2.45, 2.75) is 19.3 Å². The van der Waals surface area contributed by atoms with Crippen LogP contribution in [0.4, 0.5) is 0 Å². The molecule has 0 atom stereocenters. The number of hydrogen-bond acceptors (Lipinski definition) is 3. The standard InChI is InChI=1S/C52H35N3/c1-52(2)48-14-8-7-11-41(48)42-16-15-34(29-49(42)52)45-30-46-40-10-4-6-13-44(40)51-47(50(46)43-12-5-3-9-39(43)45)28-38(31-55-51)37-26-35(32-17-21-53-22-18-32)25-36(27-37)33-19-23-54-24-20-33/h3-31H,1-2H3. The van der Waals surface area contributed by atoms with Crippen molar-refractivity contribution in [1.82, 2.24) is 15.0 Å². The summed E-state index contributed by atoms with van der Waals surface area (Å²) in [7, 11) is 0. The van der Waals surface area contributed by atoms with Gasteiger partial charge in [0, 0.05) is 52.7 Å². The highest BCUT2D eigenvalue weighted by molar-refractivity contribution is 6.32. The second-order valence-electron chi connectivity index (χ2n) is 15.3. The van der Waals surface area contributed by atoms with Crippen molar-refractivity contribution in [3.63, 3.8) is 0 Å². The molecule has 3 heterocycles. The highest BCUT2D eigenvalue weighted by Gasteiger charge is 2.35. The van der Waals surface area contributed by atoms with Gasteiger partial charge in [0.05, 0.1) is 5.52 Å². The minimum Gasteiger partial charge on any atom is -0.265 e. The van der Waals surface area contributed by atoms with E-state index in [4.69, 9.17) is 4.98 Å². The van der Waals surface area contributed by atoms with Crippen LogP contribution in [0.5, 0.6) is 0 Å². The molecule has 3 heteroatoms. The van der Waals surface area contributed by atoms with Crippen LogP contribution in [-0.4, -0.2) is 15.0 Å². The maximum absolute atomic E-state index is 5.28. The largest absolute Gasteiger partial charge is 0.265 e. The lowest BCUT2D eigenvalue weighted by molar-refractivity contribution is 0.660. The lowest BCUT2D eigenvalue weighted by Gasteiger charge is -2.22. The zero-order valence-electron chi connectivity index (χ0n) is 30.6. The van der Waals surface area contributed by atoms with Gasteiger partial charge in [-0.25, -0.2) is 0 Å². The average molecular weight is 702 g/mol. The van der Waals surface area contributed by atoms with E-state index in [9.17, 15) is 0 Å². The van der Waals surface area contributed by atoms with Gasteiger partial charge in [0.25, 0.3) is 0 Å². The molecule has 0 saturated heterocycles. The van der Waals surface area contributed by atoms with Crippen LogP contribution in [0, 0.1) is 0 Å². The molecule has 0 spiro atoms. The molecule has 0 aliphatic heterocycles. The smallest absolute Gasteiger partial charge is 0.0787 e. The number of rotatable bonds is 4. The van der Waals surface area contributed by atoms with Gasteiger partial charge in [-0.15, -0.1) is 0 Å². The van der Waals surface area contributed by atoms with Crippen molar-refractivity contribution < 1.29 is 0 Å². The molecule has 10 aromatic rings. The molecule has 0 radical (unpaired) electrons. The molecular weight excluding hydrogens is 667 g/mol. The SMILES string of the molecule is CC1(C)c2ccccc2-c2ccc(-c3cc4c5ccccc5c5ncc(-c6cc(-c7ccncc7)cc(-c7ccncc7)c6)cc5c4c4ccccc34)cc21. The first-order valence-electron chi connectivity index (χ1n) is 18.9. The molecule has 1 aliphatic rings. The Morgan fingerprint density at radius 1 is 0.364 bits per heavy atom. The summed E-state index contributed by atoms with van der Waals surface area (Å²) in [5, 5.41) is 8.47. The molecular formula is C52H35N3. The number of hydrogen-bond donors (Lipinski definition) is 0. The van der Waals surface area contributed by atoms with E-state index in [0.29, 0.717) is 0 Å². The molecule has 0 fully saturated rings. The zero-order valence-corrected chi connectivity index (χ0v) is 30.6. The molecule has 258 valence electrons. The predicted molar refractivity (Wildman–Crippen MR) is 229 cm³/mol. The van der Waals surface area contributed by atoms with E-state index < -0.39 is 0 Å². The number of aromatic nitrogens is 3. The zero-order chi connectivity index (χ0) is 36.7. The fraction of sp³-hybridized carbons (Fsp3) is 0.0577. The van der Waals surface area contributed by atoms with Gasteiger partial charge in [0.15, 0.2) is 0 Å². The van der Waals surface area contributed by atoms with Gasteiger partial charge in [0.2, 0.25) is 0 Å². The average Bonchev–Trinajstić information content (AvgIpc) is 3.48. The van der Waals surface area contributed by atoms with Crippen LogP contribution in [0.1, 0.15) is 25.0 Å². The van der Waals surface area contributed by atoms with Crippen LogP contribution >= 0.6 is 0 Å². The summed E-state index contributed by atoms with van der Waals surface area (Å²) in [6.07, 6.45) is 9.45. The highest BCUT2D eigenvalue weighted by atomic mass is 14.7. The first-order valence-corrected chi connectivity index (χ1v) is 18.9. The van der Waals surface area contributed by atoms with Crippen molar-refractivity contribution >= 4 is 43.2 Å². The molecule has 0 amide bonds. The van der Waals surface area contributed by atoms with E-state index in [1.165, 1.54) is 60.3 Å². The second kappa shape index (κ2) is 12.0. The summed E-state index contributed by atoms with van der Waals surface area (Å²) < 4.78 is 0. The van der Waals surface area contributed by atoms with Gasteiger partial charge in [-0.1, -0.05) is 98.8 Å². The molecule has 0 N–H and O–H groups in total. The molecule has 0 saturated carbocycles. The van der Waals surface area contributed by atoms with Crippen LogP contribution in [0.3, 0.4) is 0 Å². The third kappa shape index (κ3) is 4.86. The number of pyridine rings is 3.